The Balaban J connectivity index is 0.00000292. The Hall–Kier alpha value is -2.33. The molecule has 24 heteroatoms. The second-order valence-corrected chi connectivity index (χ2v) is 14.4. The van der Waals surface area contributed by atoms with Crippen molar-refractivity contribution >= 4 is 80.9 Å². The molecule has 5 aromatic rings. The molecule has 4 aromatic carbocycles. The molecule has 1 aliphatic heterocycles. The molecule has 1 aromatic heterocycles. The Bertz CT molecular complexity index is 2540. The van der Waals surface area contributed by atoms with Crippen molar-refractivity contribution in [2.75, 3.05) is 36.5 Å². The summed E-state index contributed by atoms with van der Waals surface area (Å²) in [6.07, 6.45) is -1.26. The quantitative estimate of drug-likeness (QED) is 0.0806. The molecule has 0 bridgehead atoms. The number of nitrogens with one attached hydrogen (secondary N) is 1. The largest absolute Gasteiger partial charge is 1.00 e. The van der Waals surface area contributed by atoms with Gasteiger partial charge < -0.3 is 29.2 Å². The molecule has 0 radical (unpaired) electrons. The zero-order valence-electron chi connectivity index (χ0n) is 26.4. The van der Waals surface area contributed by atoms with Crippen LogP contribution in [0.3, 0.4) is 0 Å². The van der Waals surface area contributed by atoms with E-state index in [1.165, 1.54) is 24.3 Å². The van der Waals surface area contributed by atoms with Crippen LogP contribution < -0.4 is 91.2 Å². The van der Waals surface area contributed by atoms with E-state index in [-0.39, 0.29) is 119 Å². The molecule has 0 unspecified atom stereocenters. The molecular formula is C27H20FKN7NaO11S3. The first-order chi connectivity index (χ1) is 23.0. The Morgan fingerprint density at radius 3 is 2.22 bits per heavy atom. The van der Waals surface area contributed by atoms with Gasteiger partial charge in [0.05, 0.1) is 28.7 Å². The van der Waals surface area contributed by atoms with Crippen molar-refractivity contribution in [1.82, 2.24) is 15.0 Å². The van der Waals surface area contributed by atoms with Crippen LogP contribution in [0.15, 0.2) is 79.5 Å². The summed E-state index contributed by atoms with van der Waals surface area (Å²) in [5, 5.41) is 20.7. The molecule has 0 saturated carbocycles. The normalized spacial score (nSPS) is 14.0. The average Bonchev–Trinajstić information content (AvgIpc) is 3.02. The minimum absolute atomic E-state index is 0. The Morgan fingerprint density at radius 2 is 1.57 bits per heavy atom. The standard InChI is InChI=1S/C27H22FN7O11S3.K.Na/c28-25-30-26(32-27(31-25)35-7-9-46-10-8-35)29-19-13-16(47(37,38)39)11-15-12-20(48(40,41)42)22(23(36)21(15)19)34-33-18-6-5-14-3-1-2-4-17(14)24(18)49(43,44)45;;/h1-6,11-13,36H,7-10H2,(H,37,38,39)(H,40,41,42)(H,43,44,45)(H,29,30,31,32);;/q;2*+1/p-2. The van der Waals surface area contributed by atoms with Crippen molar-refractivity contribution in [1.29, 1.82) is 0 Å². The average molecular weight is 796 g/mol. The zero-order valence-corrected chi connectivity index (χ0v) is 34.0. The maximum Gasteiger partial charge on any atom is 1.00 e. The fourth-order valence-electron chi connectivity index (χ4n) is 5.10. The van der Waals surface area contributed by atoms with Crippen LogP contribution in [0.4, 0.5) is 33.3 Å². The van der Waals surface area contributed by atoms with Gasteiger partial charge in [-0.1, -0.05) is 30.3 Å². The van der Waals surface area contributed by atoms with Crippen molar-refractivity contribution in [3.63, 3.8) is 0 Å². The molecule has 6 rings (SSSR count). The third-order valence-electron chi connectivity index (χ3n) is 7.19. The number of phenols is 1. The van der Waals surface area contributed by atoms with Gasteiger partial charge in [-0.25, -0.2) is 16.8 Å². The molecule has 0 amide bonds. The van der Waals surface area contributed by atoms with E-state index in [0.29, 0.717) is 23.6 Å². The number of aromatic hydroxyl groups is 1. The molecule has 0 spiro atoms. The van der Waals surface area contributed by atoms with E-state index in [1.807, 2.05) is 0 Å². The van der Waals surface area contributed by atoms with Gasteiger partial charge in [0.2, 0.25) is 11.9 Å². The van der Waals surface area contributed by atoms with Crippen molar-refractivity contribution in [2.24, 2.45) is 10.2 Å². The Kier molecular flexibility index (Phi) is 13.0. The third-order valence-corrected chi connectivity index (χ3v) is 9.80. The number of ether oxygens (including phenoxy) is 1. The number of hydrogen-bond acceptors (Lipinski definition) is 17. The first-order valence-corrected chi connectivity index (χ1v) is 17.9. The molecule has 18 nitrogen and oxygen atoms in total. The van der Waals surface area contributed by atoms with Crippen LogP contribution in [-0.2, 0) is 35.1 Å². The summed E-state index contributed by atoms with van der Waals surface area (Å²) >= 11 is 0. The van der Waals surface area contributed by atoms with E-state index in [4.69, 9.17) is 4.74 Å². The number of morpholine rings is 1. The third kappa shape index (κ3) is 9.07. The number of halogens is 1. The number of nitrogens with zero attached hydrogens (tertiary/aromatic N) is 6. The van der Waals surface area contributed by atoms with Gasteiger partial charge in [0.15, 0.2) is 5.75 Å². The second-order valence-electron chi connectivity index (χ2n) is 10.3. The zero-order chi connectivity index (χ0) is 35.3. The summed E-state index contributed by atoms with van der Waals surface area (Å²) in [6, 6.07) is 10.5. The van der Waals surface area contributed by atoms with Crippen molar-refractivity contribution in [3.05, 3.63) is 60.7 Å². The van der Waals surface area contributed by atoms with Crippen LogP contribution in [0.1, 0.15) is 0 Å². The van der Waals surface area contributed by atoms with Gasteiger partial charge in [-0.2, -0.15) is 27.8 Å². The van der Waals surface area contributed by atoms with E-state index in [9.17, 15) is 48.4 Å². The monoisotopic (exact) mass is 795 g/mol. The number of hydrogen-bond donors (Lipinski definition) is 3. The van der Waals surface area contributed by atoms with E-state index in [1.54, 1.807) is 11.0 Å². The number of azo groups is 1. The fraction of sp³-hybridized carbons (Fsp3) is 0.148. The fourth-order valence-corrected chi connectivity index (χ4v) is 7.11. The predicted octanol–water partition coefficient (Wildman–Crippen LogP) is -2.92. The van der Waals surface area contributed by atoms with Gasteiger partial charge in [0.25, 0.3) is 10.1 Å². The number of aromatic nitrogens is 3. The Labute approximate surface area is 353 Å². The van der Waals surface area contributed by atoms with Gasteiger partial charge in [0, 0.05) is 23.9 Å². The summed E-state index contributed by atoms with van der Waals surface area (Å²) in [7, 11) is -15.8. The molecule has 256 valence electrons. The first-order valence-electron chi connectivity index (χ1n) is 13.7. The SMILES string of the molecule is O=S(=O)([O-])c1cc(Nc2nc(F)nc(N3CCOCC3)n2)c2c(O)c(N=Nc3ccc4ccccc4c3S(=O)(=O)O)c(S(=O)(=O)[O-])cc2c1.[K+].[Na+]. The molecule has 1 saturated heterocycles. The molecule has 0 atom stereocenters. The van der Waals surface area contributed by atoms with E-state index < -0.39 is 90.7 Å². The van der Waals surface area contributed by atoms with Crippen LogP contribution in [0.25, 0.3) is 21.5 Å². The summed E-state index contributed by atoms with van der Waals surface area (Å²) < 4.78 is 128. The maximum absolute atomic E-state index is 14.5. The van der Waals surface area contributed by atoms with Gasteiger partial charge in [-0.05, 0) is 35.0 Å². The summed E-state index contributed by atoms with van der Waals surface area (Å²) in [5.74, 6) is -1.79. The van der Waals surface area contributed by atoms with Crippen LogP contribution in [0.2, 0.25) is 0 Å². The van der Waals surface area contributed by atoms with Crippen molar-refractivity contribution < 1.29 is 134 Å². The number of anilines is 3. The van der Waals surface area contributed by atoms with Gasteiger partial charge in [0.1, 0.15) is 36.5 Å². The van der Waals surface area contributed by atoms with Crippen LogP contribution in [0, 0.1) is 6.08 Å². The van der Waals surface area contributed by atoms with Crippen LogP contribution in [0.5, 0.6) is 5.75 Å². The maximum atomic E-state index is 14.5. The number of rotatable bonds is 8. The van der Waals surface area contributed by atoms with E-state index >= 15 is 0 Å². The molecule has 2 heterocycles. The summed E-state index contributed by atoms with van der Waals surface area (Å²) in [6.45, 7) is 1.14. The van der Waals surface area contributed by atoms with Gasteiger partial charge in [-0.3, -0.25) is 4.55 Å². The number of fused-ring (bicyclic) bond motifs is 2. The minimum Gasteiger partial charge on any atom is -0.744 e. The van der Waals surface area contributed by atoms with Crippen molar-refractivity contribution in [3.8, 4) is 5.75 Å². The smallest absolute Gasteiger partial charge is 0.744 e. The molecule has 3 N–H and O–H groups in total. The number of phenolic OH excluding ortho intramolecular Hbond substituents is 1. The van der Waals surface area contributed by atoms with E-state index in [2.05, 4.69) is 30.5 Å². The molecule has 51 heavy (non-hydrogen) atoms. The molecular weight excluding hydrogens is 776 g/mol. The topological polar surface area (TPSA) is 277 Å². The minimum atomic E-state index is -5.55. The van der Waals surface area contributed by atoms with E-state index in [0.717, 1.165) is 6.07 Å². The van der Waals surface area contributed by atoms with Gasteiger partial charge >= 0.3 is 87.0 Å². The van der Waals surface area contributed by atoms with Gasteiger partial charge in [-0.15, -0.1) is 10.2 Å². The second kappa shape index (κ2) is 16.0. The summed E-state index contributed by atoms with van der Waals surface area (Å²) in [5.41, 5.74) is -2.04. The predicted molar refractivity (Wildman–Crippen MR) is 166 cm³/mol. The van der Waals surface area contributed by atoms with Crippen LogP contribution >= 0.6 is 0 Å². The molecule has 0 aliphatic carbocycles. The van der Waals surface area contributed by atoms with Crippen LogP contribution in [-0.4, -0.2) is 85.3 Å². The van der Waals surface area contributed by atoms with Crippen molar-refractivity contribution in [2.45, 2.75) is 14.7 Å². The molecule has 1 aliphatic rings. The summed E-state index contributed by atoms with van der Waals surface area (Å²) in [4.78, 5) is 9.92. The number of benzene rings is 4. The molecule has 1 fully saturated rings. The first kappa shape index (κ1) is 41.4. The Morgan fingerprint density at radius 1 is 0.882 bits per heavy atom.